The summed E-state index contributed by atoms with van der Waals surface area (Å²) >= 11 is 3.39. The van der Waals surface area contributed by atoms with E-state index in [0.29, 0.717) is 19.6 Å². The number of methoxy groups -OCH3 is 2. The number of amides is 1. The Morgan fingerprint density at radius 1 is 1.25 bits per heavy atom. The summed E-state index contributed by atoms with van der Waals surface area (Å²) in [4.78, 5) is 11.8. The molecule has 1 amide bonds. The fourth-order valence-corrected chi connectivity index (χ4v) is 2.12. The van der Waals surface area contributed by atoms with Crippen molar-refractivity contribution in [1.29, 1.82) is 0 Å². The minimum absolute atomic E-state index is 0.0186. The quantitative estimate of drug-likeness (QED) is 0.664. The van der Waals surface area contributed by atoms with Crippen molar-refractivity contribution in [1.82, 2.24) is 10.6 Å². The van der Waals surface area contributed by atoms with Gasteiger partial charge >= 0.3 is 0 Å². The van der Waals surface area contributed by atoms with E-state index in [1.807, 2.05) is 18.2 Å². The van der Waals surface area contributed by atoms with E-state index in [-0.39, 0.29) is 5.91 Å². The standard InChI is InChI=1S/C14H21BrN2O3/c1-19-8-7-16-5-6-17-14(18)10-11-9-12(15)3-4-13(11)20-2/h3-4,9,16H,5-8,10H2,1-2H3,(H,17,18). The Bertz CT molecular complexity index is 427. The molecule has 5 nitrogen and oxygen atoms in total. The zero-order valence-corrected chi connectivity index (χ0v) is 13.5. The number of ether oxygens (including phenoxy) is 2. The highest BCUT2D eigenvalue weighted by Gasteiger charge is 2.08. The summed E-state index contributed by atoms with van der Waals surface area (Å²) in [5.41, 5.74) is 0.867. The second-order valence-corrected chi connectivity index (χ2v) is 5.14. The van der Waals surface area contributed by atoms with Crippen LogP contribution < -0.4 is 15.4 Å². The summed E-state index contributed by atoms with van der Waals surface area (Å²) in [6, 6.07) is 5.63. The molecule has 0 aliphatic rings. The Balaban J connectivity index is 2.33. The molecule has 1 rings (SSSR count). The summed E-state index contributed by atoms with van der Waals surface area (Å²) in [6.07, 6.45) is 0.306. The van der Waals surface area contributed by atoms with E-state index in [2.05, 4.69) is 26.6 Å². The minimum atomic E-state index is -0.0186. The van der Waals surface area contributed by atoms with Crippen LogP contribution in [0.4, 0.5) is 0 Å². The molecular weight excluding hydrogens is 324 g/mol. The minimum Gasteiger partial charge on any atom is -0.496 e. The lowest BCUT2D eigenvalue weighted by atomic mass is 10.1. The number of halogens is 1. The molecule has 0 aromatic heterocycles. The Morgan fingerprint density at radius 3 is 2.75 bits per heavy atom. The van der Waals surface area contributed by atoms with Crippen LogP contribution in [0.1, 0.15) is 5.56 Å². The van der Waals surface area contributed by atoms with Gasteiger partial charge in [0.05, 0.1) is 20.1 Å². The average Bonchev–Trinajstić information content (AvgIpc) is 2.43. The van der Waals surface area contributed by atoms with Crippen LogP contribution in [0.2, 0.25) is 0 Å². The fourth-order valence-electron chi connectivity index (χ4n) is 1.71. The lowest BCUT2D eigenvalue weighted by Gasteiger charge is -2.10. The van der Waals surface area contributed by atoms with Gasteiger partial charge in [-0.1, -0.05) is 15.9 Å². The average molecular weight is 345 g/mol. The summed E-state index contributed by atoms with van der Waals surface area (Å²) in [5, 5.41) is 6.03. The third-order valence-corrected chi connectivity index (χ3v) is 3.19. The summed E-state index contributed by atoms with van der Waals surface area (Å²) < 4.78 is 11.1. The fraction of sp³-hybridized carbons (Fsp3) is 0.500. The van der Waals surface area contributed by atoms with Crippen molar-refractivity contribution in [3.05, 3.63) is 28.2 Å². The van der Waals surface area contributed by atoms with Gasteiger partial charge in [-0.15, -0.1) is 0 Å². The highest BCUT2D eigenvalue weighted by Crippen LogP contribution is 2.23. The monoisotopic (exact) mass is 344 g/mol. The normalized spacial score (nSPS) is 10.3. The van der Waals surface area contributed by atoms with Crippen molar-refractivity contribution in [2.24, 2.45) is 0 Å². The Kier molecular flexibility index (Phi) is 8.25. The van der Waals surface area contributed by atoms with Crippen LogP contribution in [0.3, 0.4) is 0 Å². The van der Waals surface area contributed by atoms with Gasteiger partial charge in [0.25, 0.3) is 0 Å². The molecule has 0 unspecified atom stereocenters. The lowest BCUT2D eigenvalue weighted by Crippen LogP contribution is -2.33. The van der Waals surface area contributed by atoms with Crippen LogP contribution >= 0.6 is 15.9 Å². The van der Waals surface area contributed by atoms with Gasteiger partial charge in [0.15, 0.2) is 0 Å². The number of carbonyl (C=O) groups excluding carboxylic acids is 1. The van der Waals surface area contributed by atoms with E-state index >= 15 is 0 Å². The van der Waals surface area contributed by atoms with Crippen LogP contribution in [0.15, 0.2) is 22.7 Å². The summed E-state index contributed by atoms with van der Waals surface area (Å²) in [7, 11) is 3.26. The number of nitrogens with one attached hydrogen (secondary N) is 2. The molecule has 1 aromatic carbocycles. The SMILES string of the molecule is COCCNCCNC(=O)Cc1cc(Br)ccc1OC. The highest BCUT2D eigenvalue weighted by molar-refractivity contribution is 9.10. The smallest absolute Gasteiger partial charge is 0.224 e. The van der Waals surface area contributed by atoms with Crippen molar-refractivity contribution >= 4 is 21.8 Å². The number of rotatable bonds is 9. The topological polar surface area (TPSA) is 59.6 Å². The molecule has 6 heteroatoms. The van der Waals surface area contributed by atoms with Crippen molar-refractivity contribution in [3.8, 4) is 5.75 Å². The van der Waals surface area contributed by atoms with Gasteiger partial charge in [0, 0.05) is 36.8 Å². The van der Waals surface area contributed by atoms with Gasteiger partial charge in [-0.25, -0.2) is 0 Å². The molecule has 0 aliphatic heterocycles. The Labute approximate surface area is 128 Å². The van der Waals surface area contributed by atoms with Crippen LogP contribution in [0.25, 0.3) is 0 Å². The molecule has 1 aromatic rings. The van der Waals surface area contributed by atoms with E-state index in [0.717, 1.165) is 28.9 Å². The first kappa shape index (κ1) is 16.9. The van der Waals surface area contributed by atoms with Crippen molar-refractivity contribution in [2.75, 3.05) is 40.5 Å². The maximum absolute atomic E-state index is 11.8. The largest absolute Gasteiger partial charge is 0.496 e. The predicted molar refractivity (Wildman–Crippen MR) is 82.2 cm³/mol. The Hall–Kier alpha value is -1.11. The van der Waals surface area contributed by atoms with Gasteiger partial charge in [-0.2, -0.15) is 0 Å². The van der Waals surface area contributed by atoms with Gasteiger partial charge < -0.3 is 20.1 Å². The molecule has 0 fully saturated rings. The zero-order chi connectivity index (χ0) is 14.8. The molecular formula is C14H21BrN2O3. The molecule has 0 aliphatic carbocycles. The third kappa shape index (κ3) is 6.36. The predicted octanol–water partition coefficient (Wildman–Crippen LogP) is 1.35. The first-order valence-corrected chi connectivity index (χ1v) is 7.25. The van der Waals surface area contributed by atoms with Crippen molar-refractivity contribution in [2.45, 2.75) is 6.42 Å². The molecule has 112 valence electrons. The van der Waals surface area contributed by atoms with Crippen LogP contribution in [0.5, 0.6) is 5.75 Å². The van der Waals surface area contributed by atoms with E-state index in [9.17, 15) is 4.79 Å². The third-order valence-electron chi connectivity index (χ3n) is 2.70. The first-order valence-electron chi connectivity index (χ1n) is 6.46. The number of hydrogen-bond acceptors (Lipinski definition) is 4. The van der Waals surface area contributed by atoms with Crippen LogP contribution in [-0.2, 0) is 16.0 Å². The van der Waals surface area contributed by atoms with Gasteiger partial charge in [-0.05, 0) is 18.2 Å². The van der Waals surface area contributed by atoms with Gasteiger partial charge in [0.2, 0.25) is 5.91 Å². The second kappa shape index (κ2) is 9.74. The molecule has 0 radical (unpaired) electrons. The number of benzene rings is 1. The van der Waals surface area contributed by atoms with E-state index < -0.39 is 0 Å². The van der Waals surface area contributed by atoms with Crippen molar-refractivity contribution in [3.63, 3.8) is 0 Å². The molecule has 0 spiro atoms. The molecule has 20 heavy (non-hydrogen) atoms. The number of hydrogen-bond donors (Lipinski definition) is 2. The summed E-state index contributed by atoms with van der Waals surface area (Å²) in [6.45, 7) is 2.78. The van der Waals surface area contributed by atoms with Crippen LogP contribution in [0, 0.1) is 0 Å². The zero-order valence-electron chi connectivity index (χ0n) is 11.9. The maximum Gasteiger partial charge on any atom is 0.224 e. The maximum atomic E-state index is 11.8. The van der Waals surface area contributed by atoms with Crippen molar-refractivity contribution < 1.29 is 14.3 Å². The highest BCUT2D eigenvalue weighted by atomic mass is 79.9. The molecule has 0 saturated heterocycles. The molecule has 0 saturated carbocycles. The van der Waals surface area contributed by atoms with E-state index in [4.69, 9.17) is 9.47 Å². The van der Waals surface area contributed by atoms with Crippen LogP contribution in [-0.4, -0.2) is 46.4 Å². The second-order valence-electron chi connectivity index (χ2n) is 4.23. The molecule has 0 atom stereocenters. The van der Waals surface area contributed by atoms with E-state index in [1.54, 1.807) is 14.2 Å². The lowest BCUT2D eigenvalue weighted by molar-refractivity contribution is -0.120. The number of carbonyl (C=O) groups is 1. The Morgan fingerprint density at radius 2 is 2.05 bits per heavy atom. The molecule has 0 bridgehead atoms. The summed E-state index contributed by atoms with van der Waals surface area (Å²) in [5.74, 6) is 0.705. The van der Waals surface area contributed by atoms with Gasteiger partial charge in [0.1, 0.15) is 5.75 Å². The van der Waals surface area contributed by atoms with Gasteiger partial charge in [-0.3, -0.25) is 4.79 Å². The molecule has 0 heterocycles. The van der Waals surface area contributed by atoms with E-state index in [1.165, 1.54) is 0 Å². The molecule has 2 N–H and O–H groups in total. The first-order chi connectivity index (χ1) is 9.67.